The third-order valence-electron chi connectivity index (χ3n) is 4.74. The van der Waals surface area contributed by atoms with E-state index >= 15 is 0 Å². The van der Waals surface area contributed by atoms with Crippen molar-refractivity contribution in [3.05, 3.63) is 0 Å². The molecule has 2 unspecified atom stereocenters. The van der Waals surface area contributed by atoms with E-state index in [0.29, 0.717) is 37.8 Å². The van der Waals surface area contributed by atoms with Crippen LogP contribution in [0.4, 0.5) is 0 Å². The molecule has 186 valence electrons. The quantitative estimate of drug-likeness (QED) is 0.185. The molecule has 0 aromatic heterocycles. The van der Waals surface area contributed by atoms with E-state index in [1.54, 1.807) is 6.92 Å². The first-order chi connectivity index (χ1) is 14.9. The number of ether oxygens (including phenoxy) is 2. The van der Waals surface area contributed by atoms with E-state index in [2.05, 4.69) is 10.6 Å². The minimum Gasteiger partial charge on any atom is -0.467 e. The van der Waals surface area contributed by atoms with Gasteiger partial charge >= 0.3 is 11.9 Å². The van der Waals surface area contributed by atoms with E-state index in [-0.39, 0.29) is 17.9 Å². The minimum atomic E-state index is -0.692. The standard InChI is InChI=1S/C24H45N3O5/c1-17(2)26-19(14-9-8-10-16-21(28)32-24(4,5)6)22(29)27-20(23(30)31-7)15-12-11-13-18(3)25/h17,19-20,25-26H,8-16H2,1-7H3,(H,27,29). The summed E-state index contributed by atoms with van der Waals surface area (Å²) in [5.74, 6) is -0.874. The molecule has 0 saturated carbocycles. The van der Waals surface area contributed by atoms with Gasteiger partial charge in [-0.3, -0.25) is 9.59 Å². The molecule has 0 aliphatic rings. The molecule has 0 spiro atoms. The molecule has 0 aliphatic carbocycles. The Labute approximate surface area is 194 Å². The van der Waals surface area contributed by atoms with E-state index in [9.17, 15) is 14.4 Å². The third kappa shape index (κ3) is 15.8. The summed E-state index contributed by atoms with van der Waals surface area (Å²) in [6.45, 7) is 11.3. The second-order valence-electron chi connectivity index (χ2n) is 9.67. The molecule has 0 aromatic rings. The Balaban J connectivity index is 4.66. The lowest BCUT2D eigenvalue weighted by molar-refractivity contribution is -0.155. The molecule has 32 heavy (non-hydrogen) atoms. The summed E-state index contributed by atoms with van der Waals surface area (Å²) < 4.78 is 10.2. The molecular formula is C24H45N3O5. The Bertz CT molecular complexity index is 599. The summed E-state index contributed by atoms with van der Waals surface area (Å²) in [7, 11) is 1.32. The van der Waals surface area contributed by atoms with Crippen LogP contribution in [0.1, 0.15) is 99.3 Å². The second kappa shape index (κ2) is 15.8. The smallest absolute Gasteiger partial charge is 0.328 e. The van der Waals surface area contributed by atoms with Crippen LogP contribution >= 0.6 is 0 Å². The van der Waals surface area contributed by atoms with Gasteiger partial charge in [-0.1, -0.05) is 33.1 Å². The summed E-state index contributed by atoms with van der Waals surface area (Å²) in [5, 5.41) is 13.6. The normalized spacial score (nSPS) is 13.4. The van der Waals surface area contributed by atoms with Crippen LogP contribution in [0.2, 0.25) is 0 Å². The molecule has 3 N–H and O–H groups in total. The van der Waals surface area contributed by atoms with Crippen molar-refractivity contribution in [1.82, 2.24) is 10.6 Å². The molecule has 0 fully saturated rings. The zero-order valence-corrected chi connectivity index (χ0v) is 21.1. The number of hydrogen-bond acceptors (Lipinski definition) is 7. The fourth-order valence-electron chi connectivity index (χ4n) is 3.28. The van der Waals surface area contributed by atoms with Crippen LogP contribution < -0.4 is 10.6 Å². The first-order valence-corrected chi connectivity index (χ1v) is 11.8. The molecule has 0 radical (unpaired) electrons. The van der Waals surface area contributed by atoms with Gasteiger partial charge in [-0.15, -0.1) is 0 Å². The number of unbranched alkanes of at least 4 members (excludes halogenated alkanes) is 3. The highest BCUT2D eigenvalue weighted by atomic mass is 16.6. The van der Waals surface area contributed by atoms with Gasteiger partial charge in [0.25, 0.3) is 0 Å². The molecule has 0 heterocycles. The molecule has 8 nitrogen and oxygen atoms in total. The van der Waals surface area contributed by atoms with Gasteiger partial charge in [0.2, 0.25) is 5.91 Å². The lowest BCUT2D eigenvalue weighted by Gasteiger charge is -2.24. The number of amides is 1. The van der Waals surface area contributed by atoms with Gasteiger partial charge in [-0.25, -0.2) is 4.79 Å². The topological polar surface area (TPSA) is 118 Å². The number of esters is 2. The Morgan fingerprint density at radius 1 is 0.906 bits per heavy atom. The van der Waals surface area contributed by atoms with Crippen LogP contribution in [0.3, 0.4) is 0 Å². The summed E-state index contributed by atoms with van der Waals surface area (Å²) in [6, 6.07) is -1.01. The summed E-state index contributed by atoms with van der Waals surface area (Å²) in [6.07, 6.45) is 5.97. The second-order valence-corrected chi connectivity index (χ2v) is 9.67. The number of carbonyl (C=O) groups excluding carboxylic acids is 3. The van der Waals surface area contributed by atoms with Gasteiger partial charge in [0.05, 0.1) is 13.2 Å². The lowest BCUT2D eigenvalue weighted by atomic mass is 10.0. The van der Waals surface area contributed by atoms with Gasteiger partial charge in [-0.2, -0.15) is 0 Å². The van der Waals surface area contributed by atoms with E-state index in [1.807, 2.05) is 34.6 Å². The van der Waals surface area contributed by atoms with Gasteiger partial charge in [0.15, 0.2) is 0 Å². The van der Waals surface area contributed by atoms with Gasteiger partial charge in [0.1, 0.15) is 11.6 Å². The van der Waals surface area contributed by atoms with Crippen LogP contribution in [0.25, 0.3) is 0 Å². The minimum absolute atomic E-state index is 0.111. The molecule has 0 rings (SSSR count). The van der Waals surface area contributed by atoms with E-state index < -0.39 is 23.7 Å². The number of methoxy groups -OCH3 is 1. The predicted molar refractivity (Wildman–Crippen MR) is 127 cm³/mol. The molecular weight excluding hydrogens is 410 g/mol. The SMILES string of the molecule is COC(=O)C(CCCCC(C)=N)NC(=O)C(CCCCCC(=O)OC(C)(C)C)NC(C)C. The lowest BCUT2D eigenvalue weighted by Crippen LogP contribution is -2.51. The van der Waals surface area contributed by atoms with Gasteiger partial charge < -0.3 is 25.5 Å². The molecule has 8 heteroatoms. The van der Waals surface area contributed by atoms with Crippen LogP contribution in [0.5, 0.6) is 0 Å². The van der Waals surface area contributed by atoms with Crippen molar-refractivity contribution in [2.75, 3.05) is 7.11 Å². The van der Waals surface area contributed by atoms with Crippen molar-refractivity contribution >= 4 is 23.6 Å². The summed E-state index contributed by atoms with van der Waals surface area (Å²) in [5.41, 5.74) is 0.132. The van der Waals surface area contributed by atoms with Crippen molar-refractivity contribution in [2.24, 2.45) is 0 Å². The maximum absolute atomic E-state index is 12.9. The predicted octanol–water partition coefficient (Wildman–Crippen LogP) is 3.90. The number of nitrogens with one attached hydrogen (secondary N) is 3. The molecule has 0 saturated heterocycles. The Hall–Kier alpha value is -1.96. The van der Waals surface area contributed by atoms with E-state index in [0.717, 1.165) is 25.7 Å². The van der Waals surface area contributed by atoms with Crippen molar-refractivity contribution < 1.29 is 23.9 Å². The Morgan fingerprint density at radius 3 is 2.00 bits per heavy atom. The number of rotatable bonds is 16. The zero-order chi connectivity index (χ0) is 24.7. The van der Waals surface area contributed by atoms with Crippen LogP contribution in [-0.4, -0.2) is 54.4 Å². The fraction of sp³-hybridized carbons (Fsp3) is 0.833. The molecule has 0 aromatic carbocycles. The van der Waals surface area contributed by atoms with Crippen molar-refractivity contribution in [3.63, 3.8) is 0 Å². The van der Waals surface area contributed by atoms with E-state index in [1.165, 1.54) is 7.11 Å². The van der Waals surface area contributed by atoms with Crippen LogP contribution in [-0.2, 0) is 23.9 Å². The van der Waals surface area contributed by atoms with Gasteiger partial charge in [0, 0.05) is 18.2 Å². The van der Waals surface area contributed by atoms with E-state index in [4.69, 9.17) is 14.9 Å². The van der Waals surface area contributed by atoms with Crippen LogP contribution in [0, 0.1) is 5.41 Å². The highest BCUT2D eigenvalue weighted by Gasteiger charge is 2.26. The molecule has 0 bridgehead atoms. The van der Waals surface area contributed by atoms with Gasteiger partial charge in [-0.05, 0) is 59.8 Å². The number of carbonyl (C=O) groups is 3. The average Bonchev–Trinajstić information content (AvgIpc) is 2.66. The first kappa shape index (κ1) is 30.0. The molecule has 0 aliphatic heterocycles. The first-order valence-electron chi connectivity index (χ1n) is 11.8. The Morgan fingerprint density at radius 2 is 1.47 bits per heavy atom. The average molecular weight is 456 g/mol. The monoisotopic (exact) mass is 455 g/mol. The summed E-state index contributed by atoms with van der Waals surface area (Å²) in [4.78, 5) is 36.8. The molecule has 2 atom stereocenters. The number of hydrogen-bond donors (Lipinski definition) is 3. The van der Waals surface area contributed by atoms with Crippen molar-refractivity contribution in [3.8, 4) is 0 Å². The third-order valence-corrected chi connectivity index (χ3v) is 4.74. The largest absolute Gasteiger partial charge is 0.467 e. The highest BCUT2D eigenvalue weighted by molar-refractivity contribution is 5.87. The Kier molecular flexibility index (Phi) is 14.8. The maximum Gasteiger partial charge on any atom is 0.328 e. The zero-order valence-electron chi connectivity index (χ0n) is 21.1. The van der Waals surface area contributed by atoms with Crippen LogP contribution in [0.15, 0.2) is 0 Å². The maximum atomic E-state index is 12.9. The summed E-state index contributed by atoms with van der Waals surface area (Å²) >= 11 is 0. The van der Waals surface area contributed by atoms with Crippen molar-refractivity contribution in [1.29, 1.82) is 5.41 Å². The molecule has 1 amide bonds. The fourth-order valence-corrected chi connectivity index (χ4v) is 3.28. The highest BCUT2D eigenvalue weighted by Crippen LogP contribution is 2.13. The van der Waals surface area contributed by atoms with Crippen molar-refractivity contribution in [2.45, 2.75) is 123 Å².